The summed E-state index contributed by atoms with van der Waals surface area (Å²) < 4.78 is 5.19. The van der Waals surface area contributed by atoms with Gasteiger partial charge in [-0.15, -0.1) is 12.4 Å². The predicted octanol–water partition coefficient (Wildman–Crippen LogP) is -0.891. The third kappa shape index (κ3) is 3.39. The molecule has 2 atom stereocenters. The van der Waals surface area contributed by atoms with Crippen molar-refractivity contribution in [2.24, 2.45) is 5.73 Å². The molecule has 2 aliphatic heterocycles. The third-order valence-electron chi connectivity index (χ3n) is 3.55. The maximum absolute atomic E-state index is 12.4. The summed E-state index contributed by atoms with van der Waals surface area (Å²) in [5, 5.41) is 8.88. The molecular formula is C12H19ClN4O3. The Balaban J connectivity index is 0.00000200. The summed E-state index contributed by atoms with van der Waals surface area (Å²) in [6, 6.07) is 0.739. The highest BCUT2D eigenvalue weighted by Crippen LogP contribution is 2.17. The van der Waals surface area contributed by atoms with Crippen LogP contribution >= 0.6 is 12.4 Å². The normalized spacial score (nSPS) is 24.0. The zero-order valence-corrected chi connectivity index (χ0v) is 12.0. The van der Waals surface area contributed by atoms with Crippen LogP contribution in [-0.2, 0) is 14.3 Å². The molecule has 0 bridgehead atoms. The van der Waals surface area contributed by atoms with Gasteiger partial charge in [0.2, 0.25) is 11.8 Å². The second-order valence-electron chi connectivity index (χ2n) is 4.74. The van der Waals surface area contributed by atoms with E-state index in [4.69, 9.17) is 15.7 Å². The van der Waals surface area contributed by atoms with Crippen molar-refractivity contribution in [2.75, 3.05) is 32.8 Å². The molecule has 2 rings (SSSR count). The molecule has 2 fully saturated rings. The summed E-state index contributed by atoms with van der Waals surface area (Å²) in [4.78, 5) is 27.4. The van der Waals surface area contributed by atoms with Crippen molar-refractivity contribution in [1.82, 2.24) is 9.80 Å². The highest BCUT2D eigenvalue weighted by atomic mass is 35.5. The van der Waals surface area contributed by atoms with Crippen LogP contribution in [0, 0.1) is 11.3 Å². The number of likely N-dealkylation sites (tertiary alicyclic amines) is 1. The molecule has 0 unspecified atom stereocenters. The van der Waals surface area contributed by atoms with Crippen LogP contribution < -0.4 is 5.73 Å². The Bertz CT molecular complexity index is 406. The fourth-order valence-corrected chi connectivity index (χ4v) is 2.45. The molecular weight excluding hydrogens is 284 g/mol. The quantitative estimate of drug-likeness (QED) is 0.729. The Kier molecular flexibility index (Phi) is 6.20. The first-order valence-electron chi connectivity index (χ1n) is 6.44. The Morgan fingerprint density at radius 3 is 2.60 bits per heavy atom. The fraction of sp³-hybridized carbons (Fsp3) is 0.750. The Morgan fingerprint density at radius 2 is 2.10 bits per heavy atom. The largest absolute Gasteiger partial charge is 0.378 e. The first kappa shape index (κ1) is 16.7. The van der Waals surface area contributed by atoms with Crippen LogP contribution in [0.3, 0.4) is 0 Å². The minimum absolute atomic E-state index is 0. The fourth-order valence-electron chi connectivity index (χ4n) is 2.45. The number of morpholine rings is 1. The van der Waals surface area contributed by atoms with Crippen LogP contribution in [0.2, 0.25) is 0 Å². The van der Waals surface area contributed by atoms with E-state index >= 15 is 0 Å². The summed E-state index contributed by atoms with van der Waals surface area (Å²) in [6.45, 7) is 2.46. The van der Waals surface area contributed by atoms with E-state index in [1.165, 1.54) is 4.90 Å². The van der Waals surface area contributed by atoms with E-state index < -0.39 is 12.1 Å². The zero-order valence-electron chi connectivity index (χ0n) is 11.2. The van der Waals surface area contributed by atoms with Gasteiger partial charge in [0, 0.05) is 19.6 Å². The molecule has 20 heavy (non-hydrogen) atoms. The highest BCUT2D eigenvalue weighted by molar-refractivity contribution is 5.91. The second-order valence-corrected chi connectivity index (χ2v) is 4.74. The van der Waals surface area contributed by atoms with Gasteiger partial charge in [-0.05, 0) is 6.42 Å². The van der Waals surface area contributed by atoms with Crippen LogP contribution in [0.25, 0.3) is 0 Å². The molecule has 0 spiro atoms. The Morgan fingerprint density at radius 1 is 1.45 bits per heavy atom. The van der Waals surface area contributed by atoms with Crippen LogP contribution in [-0.4, -0.2) is 66.5 Å². The van der Waals surface area contributed by atoms with Crippen molar-refractivity contribution < 1.29 is 14.3 Å². The molecule has 7 nitrogen and oxygen atoms in total. The zero-order chi connectivity index (χ0) is 13.8. The lowest BCUT2D eigenvalue weighted by atomic mass is 10.1. The van der Waals surface area contributed by atoms with E-state index in [2.05, 4.69) is 0 Å². The SMILES string of the molecule is Cl.N#CC[C@@H](C(=O)N1CCOCC1)N1CC[C@H](N)C1=O. The molecule has 2 N–H and O–H groups in total. The van der Waals surface area contributed by atoms with Crippen molar-refractivity contribution in [2.45, 2.75) is 24.9 Å². The van der Waals surface area contributed by atoms with E-state index in [9.17, 15) is 9.59 Å². The summed E-state index contributed by atoms with van der Waals surface area (Å²) in [6.07, 6.45) is 0.547. The maximum atomic E-state index is 12.4. The topological polar surface area (TPSA) is 99.7 Å². The van der Waals surface area contributed by atoms with Gasteiger partial charge in [0.15, 0.2) is 0 Å². The van der Waals surface area contributed by atoms with E-state index in [0.717, 1.165) is 0 Å². The van der Waals surface area contributed by atoms with Crippen molar-refractivity contribution in [3.8, 4) is 6.07 Å². The van der Waals surface area contributed by atoms with Crippen molar-refractivity contribution in [3.63, 3.8) is 0 Å². The number of carbonyl (C=O) groups is 2. The van der Waals surface area contributed by atoms with E-state index in [-0.39, 0.29) is 30.6 Å². The van der Waals surface area contributed by atoms with E-state index in [0.29, 0.717) is 39.3 Å². The van der Waals surface area contributed by atoms with Gasteiger partial charge in [-0.25, -0.2) is 0 Å². The number of rotatable bonds is 3. The summed E-state index contributed by atoms with van der Waals surface area (Å²) >= 11 is 0. The van der Waals surface area contributed by atoms with Crippen molar-refractivity contribution in [1.29, 1.82) is 5.26 Å². The van der Waals surface area contributed by atoms with Gasteiger partial charge in [-0.2, -0.15) is 5.26 Å². The van der Waals surface area contributed by atoms with Crippen LogP contribution in [0.1, 0.15) is 12.8 Å². The number of nitrogens with two attached hydrogens (primary N) is 1. The number of hydrogen-bond acceptors (Lipinski definition) is 5. The minimum atomic E-state index is -0.704. The van der Waals surface area contributed by atoms with Crippen LogP contribution in [0.4, 0.5) is 0 Å². The van der Waals surface area contributed by atoms with Gasteiger partial charge in [0.25, 0.3) is 0 Å². The van der Waals surface area contributed by atoms with Gasteiger partial charge < -0.3 is 20.3 Å². The Hall–Kier alpha value is -1.36. The number of hydrogen-bond donors (Lipinski definition) is 1. The van der Waals surface area contributed by atoms with Crippen LogP contribution in [0.5, 0.6) is 0 Å². The number of carbonyl (C=O) groups excluding carboxylic acids is 2. The number of amides is 2. The van der Waals surface area contributed by atoms with E-state index in [1.807, 2.05) is 6.07 Å². The van der Waals surface area contributed by atoms with Gasteiger partial charge in [0.1, 0.15) is 6.04 Å². The first-order chi connectivity index (χ1) is 9.15. The van der Waals surface area contributed by atoms with Crippen molar-refractivity contribution >= 4 is 24.2 Å². The second kappa shape index (κ2) is 7.43. The molecule has 0 aromatic rings. The predicted molar refractivity (Wildman–Crippen MR) is 73.0 cm³/mol. The molecule has 2 aliphatic rings. The first-order valence-corrected chi connectivity index (χ1v) is 6.44. The summed E-state index contributed by atoms with van der Waals surface area (Å²) in [5.41, 5.74) is 5.66. The minimum Gasteiger partial charge on any atom is -0.378 e. The third-order valence-corrected chi connectivity index (χ3v) is 3.55. The lowest BCUT2D eigenvalue weighted by molar-refractivity contribution is -0.146. The smallest absolute Gasteiger partial charge is 0.246 e. The molecule has 8 heteroatoms. The number of ether oxygens (including phenoxy) is 1. The lowest BCUT2D eigenvalue weighted by Gasteiger charge is -2.33. The number of nitrogens with zero attached hydrogens (tertiary/aromatic N) is 3. The monoisotopic (exact) mass is 302 g/mol. The van der Waals surface area contributed by atoms with E-state index in [1.54, 1.807) is 4.90 Å². The van der Waals surface area contributed by atoms with Gasteiger partial charge in [-0.1, -0.05) is 0 Å². The molecule has 0 radical (unpaired) electrons. The molecule has 2 heterocycles. The highest BCUT2D eigenvalue weighted by Gasteiger charge is 2.38. The molecule has 0 aliphatic carbocycles. The molecule has 2 amide bonds. The molecule has 112 valence electrons. The van der Waals surface area contributed by atoms with Gasteiger partial charge >= 0.3 is 0 Å². The summed E-state index contributed by atoms with van der Waals surface area (Å²) in [5.74, 6) is -0.408. The van der Waals surface area contributed by atoms with Crippen LogP contribution in [0.15, 0.2) is 0 Å². The lowest BCUT2D eigenvalue weighted by Crippen LogP contribution is -2.53. The van der Waals surface area contributed by atoms with Crippen molar-refractivity contribution in [3.05, 3.63) is 0 Å². The average Bonchev–Trinajstić information content (AvgIpc) is 2.77. The van der Waals surface area contributed by atoms with Gasteiger partial charge in [0.05, 0.1) is 31.7 Å². The molecule has 2 saturated heterocycles. The summed E-state index contributed by atoms with van der Waals surface area (Å²) in [7, 11) is 0. The number of nitriles is 1. The average molecular weight is 303 g/mol. The maximum Gasteiger partial charge on any atom is 0.246 e. The molecule has 0 saturated carbocycles. The Labute approximate surface area is 124 Å². The number of halogens is 1. The molecule has 0 aromatic carbocycles. The molecule has 0 aromatic heterocycles. The van der Waals surface area contributed by atoms with Gasteiger partial charge in [-0.3, -0.25) is 9.59 Å². The standard InChI is InChI=1S/C12H18N4O3.ClH/c13-3-1-10(16-4-2-9(14)11(16)17)12(18)15-5-7-19-8-6-15;/h9-10H,1-2,4-8,14H2;1H/t9-,10-;/m0./s1.